The monoisotopic (exact) mass is 280 g/mol. The van der Waals surface area contributed by atoms with Crippen molar-refractivity contribution in [3.63, 3.8) is 0 Å². The fourth-order valence-electron chi connectivity index (χ4n) is 0.671. The number of imidazole rings is 1. The molecule has 0 unspecified atom stereocenters. The van der Waals surface area contributed by atoms with E-state index in [1.807, 2.05) is 13.8 Å². The number of aliphatic carboxylic acids is 1. The van der Waals surface area contributed by atoms with Crippen LogP contribution in [0.25, 0.3) is 0 Å². The summed E-state index contributed by atoms with van der Waals surface area (Å²) in [6, 6.07) is 0. The van der Waals surface area contributed by atoms with Crippen LogP contribution in [-0.2, 0) is 14.9 Å². The second kappa shape index (κ2) is 10.7. The molecule has 0 aliphatic rings. The molecule has 8 heteroatoms. The predicted octanol–water partition coefficient (Wildman–Crippen LogP) is 1.48. The van der Waals surface area contributed by atoms with Crippen LogP contribution < -0.4 is 0 Å². The smallest absolute Gasteiger partial charge is 0.300 e. The van der Waals surface area contributed by atoms with Crippen molar-refractivity contribution in [1.82, 2.24) is 9.97 Å². The number of carbonyl (C=O) groups is 1. The molecule has 0 radical (unpaired) electrons. The first-order chi connectivity index (χ1) is 8.19. The molecule has 0 amide bonds. The maximum Gasteiger partial charge on any atom is 0.300 e. The highest BCUT2D eigenvalue weighted by atomic mass is 32.2. The number of aryl methyl sites for hydroxylation is 1. The number of hydrogen-bond acceptors (Lipinski definition) is 4. The summed E-state index contributed by atoms with van der Waals surface area (Å²) in [4.78, 5) is 15.8. The fourth-order valence-corrected chi connectivity index (χ4v) is 1.32. The van der Waals surface area contributed by atoms with Crippen LogP contribution in [0.1, 0.15) is 32.5 Å². The van der Waals surface area contributed by atoms with Gasteiger partial charge in [-0.2, -0.15) is 8.42 Å². The van der Waals surface area contributed by atoms with Gasteiger partial charge in [0.1, 0.15) is 5.82 Å². The molecule has 106 valence electrons. The van der Waals surface area contributed by atoms with Gasteiger partial charge in [0.05, 0.1) is 5.75 Å². The van der Waals surface area contributed by atoms with E-state index in [-0.39, 0.29) is 5.75 Å². The van der Waals surface area contributed by atoms with Gasteiger partial charge < -0.3 is 10.1 Å². The van der Waals surface area contributed by atoms with Gasteiger partial charge in [0, 0.05) is 19.3 Å². The Hall–Kier alpha value is -1.41. The summed E-state index contributed by atoms with van der Waals surface area (Å²) in [7, 11) is -3.69. The van der Waals surface area contributed by atoms with Crippen molar-refractivity contribution in [3.05, 3.63) is 18.2 Å². The average molecular weight is 280 g/mol. The van der Waals surface area contributed by atoms with E-state index in [0.717, 1.165) is 19.2 Å². The van der Waals surface area contributed by atoms with Gasteiger partial charge in [-0.25, -0.2) is 4.98 Å². The Morgan fingerprint density at radius 3 is 2.11 bits per heavy atom. The molecule has 0 saturated carbocycles. The number of H-pyrrole nitrogens is 1. The molecule has 3 N–H and O–H groups in total. The molecule has 1 aromatic rings. The molecule has 0 saturated heterocycles. The Kier molecular flexibility index (Phi) is 11.3. The molecule has 0 aliphatic heterocycles. The highest BCUT2D eigenvalue weighted by molar-refractivity contribution is 7.85. The second-order valence-corrected chi connectivity index (χ2v) is 4.91. The van der Waals surface area contributed by atoms with Crippen molar-refractivity contribution in [3.8, 4) is 0 Å². The van der Waals surface area contributed by atoms with Crippen LogP contribution in [-0.4, -0.2) is 39.8 Å². The summed E-state index contributed by atoms with van der Waals surface area (Å²) in [5.74, 6) is 0.0266. The maximum atomic E-state index is 9.95. The van der Waals surface area contributed by atoms with Gasteiger partial charge >= 0.3 is 0 Å². The fraction of sp³-hybridized carbons (Fsp3) is 0.600. The third-order valence-electron chi connectivity index (χ3n) is 1.39. The number of hydrogen-bond donors (Lipinski definition) is 3. The van der Waals surface area contributed by atoms with Crippen LogP contribution in [0.4, 0.5) is 0 Å². The van der Waals surface area contributed by atoms with Crippen molar-refractivity contribution in [2.24, 2.45) is 0 Å². The third kappa shape index (κ3) is 24.0. The van der Waals surface area contributed by atoms with E-state index in [4.69, 9.17) is 14.5 Å². The highest BCUT2D eigenvalue weighted by Crippen LogP contribution is 1.90. The van der Waals surface area contributed by atoms with Crippen molar-refractivity contribution in [2.45, 2.75) is 33.6 Å². The maximum absolute atomic E-state index is 9.95. The zero-order chi connectivity index (χ0) is 14.6. The highest BCUT2D eigenvalue weighted by Gasteiger charge is 2.00. The van der Waals surface area contributed by atoms with Crippen molar-refractivity contribution >= 4 is 16.1 Å². The van der Waals surface area contributed by atoms with Crippen molar-refractivity contribution in [1.29, 1.82) is 0 Å². The molecule has 18 heavy (non-hydrogen) atoms. The lowest BCUT2D eigenvalue weighted by Gasteiger charge is -1.90. The predicted molar refractivity (Wildman–Crippen MR) is 68.0 cm³/mol. The van der Waals surface area contributed by atoms with Crippen molar-refractivity contribution < 1.29 is 22.9 Å². The summed E-state index contributed by atoms with van der Waals surface area (Å²) < 4.78 is 28.0. The van der Waals surface area contributed by atoms with Crippen LogP contribution in [0.3, 0.4) is 0 Å². The van der Waals surface area contributed by atoms with E-state index >= 15 is 0 Å². The Bertz CT molecular complexity index is 396. The molecule has 1 heterocycles. The Balaban J connectivity index is 0. The minimum absolute atomic E-state index is 0.108. The largest absolute Gasteiger partial charge is 0.481 e. The first-order valence-corrected chi connectivity index (χ1v) is 6.90. The lowest BCUT2D eigenvalue weighted by molar-refractivity contribution is -0.134. The normalized spacial score (nSPS) is 9.56. The summed E-state index contributed by atoms with van der Waals surface area (Å²) >= 11 is 0. The average Bonchev–Trinajstić information content (AvgIpc) is 2.65. The van der Waals surface area contributed by atoms with E-state index in [2.05, 4.69) is 9.97 Å². The Labute approximate surface area is 107 Å². The lowest BCUT2D eigenvalue weighted by atomic mass is 10.4. The van der Waals surface area contributed by atoms with E-state index in [0.29, 0.717) is 6.42 Å². The van der Waals surface area contributed by atoms with Gasteiger partial charge in [-0.1, -0.05) is 13.3 Å². The summed E-state index contributed by atoms with van der Waals surface area (Å²) in [6.45, 7) is 4.87. The van der Waals surface area contributed by atoms with E-state index in [9.17, 15) is 8.42 Å². The van der Waals surface area contributed by atoms with E-state index in [1.165, 1.54) is 0 Å². The minimum Gasteiger partial charge on any atom is -0.481 e. The Morgan fingerprint density at radius 2 is 2.00 bits per heavy atom. The first kappa shape index (κ1) is 18.9. The van der Waals surface area contributed by atoms with E-state index < -0.39 is 16.1 Å². The number of unbranched alkanes of at least 4 members (excludes halogenated alkanes) is 1. The minimum atomic E-state index is -3.69. The number of nitrogens with zero attached hydrogens (tertiary/aromatic N) is 1. The van der Waals surface area contributed by atoms with Crippen molar-refractivity contribution in [2.75, 3.05) is 5.75 Å². The number of aromatic nitrogens is 2. The van der Waals surface area contributed by atoms with Crippen LogP contribution in [0.5, 0.6) is 0 Å². The molecular weight excluding hydrogens is 260 g/mol. The molecule has 0 aromatic carbocycles. The number of aromatic amines is 1. The quantitative estimate of drug-likeness (QED) is 0.721. The standard InChI is InChI=1S/C4H6N2.C4H10O3S.C2H4O2/c1-4-5-2-3-6-4;1-2-3-4-8(5,6)7;1-2(3)4/h2-3H,1H3,(H,5,6);2-4H2,1H3,(H,5,6,7);1H3,(H,3,4). The third-order valence-corrected chi connectivity index (χ3v) is 2.20. The van der Waals surface area contributed by atoms with Crippen LogP contribution in [0, 0.1) is 6.92 Å². The molecule has 0 bridgehead atoms. The first-order valence-electron chi connectivity index (χ1n) is 5.29. The zero-order valence-corrected chi connectivity index (χ0v) is 11.6. The van der Waals surface area contributed by atoms with Gasteiger partial charge in [0.15, 0.2) is 0 Å². The summed E-state index contributed by atoms with van der Waals surface area (Å²) in [5.41, 5.74) is 0. The molecule has 0 aliphatic carbocycles. The second-order valence-electron chi connectivity index (χ2n) is 3.33. The SMILES string of the molecule is CC(=O)O.CCCCS(=O)(=O)O.Cc1ncc[nH]1. The molecular formula is C10H20N2O5S. The molecule has 0 atom stereocenters. The molecule has 0 spiro atoms. The lowest BCUT2D eigenvalue weighted by Crippen LogP contribution is -2.02. The van der Waals surface area contributed by atoms with Crippen LogP contribution in [0.2, 0.25) is 0 Å². The number of rotatable bonds is 3. The molecule has 0 fully saturated rings. The Morgan fingerprint density at radius 1 is 1.50 bits per heavy atom. The van der Waals surface area contributed by atoms with Gasteiger partial charge in [0.25, 0.3) is 16.1 Å². The molecule has 1 rings (SSSR count). The zero-order valence-electron chi connectivity index (χ0n) is 10.8. The molecule has 1 aromatic heterocycles. The summed E-state index contributed by atoms with van der Waals surface area (Å²) in [6.07, 6.45) is 4.86. The molecule has 7 nitrogen and oxygen atoms in total. The van der Waals surface area contributed by atoms with Gasteiger partial charge in [-0.3, -0.25) is 9.35 Å². The van der Waals surface area contributed by atoms with Crippen LogP contribution >= 0.6 is 0 Å². The number of carboxylic acid groups (broad SMARTS) is 1. The van der Waals surface area contributed by atoms with Gasteiger partial charge in [0.2, 0.25) is 0 Å². The van der Waals surface area contributed by atoms with Gasteiger partial charge in [-0.15, -0.1) is 0 Å². The van der Waals surface area contributed by atoms with Crippen LogP contribution in [0.15, 0.2) is 12.4 Å². The van der Waals surface area contributed by atoms with Gasteiger partial charge in [-0.05, 0) is 13.3 Å². The topological polar surface area (TPSA) is 120 Å². The number of carboxylic acids is 1. The summed E-state index contributed by atoms with van der Waals surface area (Å²) in [5, 5.41) is 7.42. The van der Waals surface area contributed by atoms with E-state index in [1.54, 1.807) is 12.4 Å². The number of nitrogens with one attached hydrogen (secondary N) is 1.